The minimum Gasteiger partial charge on any atom is -0.462 e. The molecule has 1 atom stereocenters. The number of rotatable bonds is 7. The van der Waals surface area contributed by atoms with Crippen LogP contribution in [-0.2, 0) is 22.4 Å². The van der Waals surface area contributed by atoms with Gasteiger partial charge in [0, 0.05) is 4.88 Å². The van der Waals surface area contributed by atoms with E-state index in [0.29, 0.717) is 17.2 Å². The molecule has 1 unspecified atom stereocenters. The molecule has 1 aliphatic rings. The summed E-state index contributed by atoms with van der Waals surface area (Å²) >= 11 is 1.53. The fourth-order valence-electron chi connectivity index (χ4n) is 2.75. The SMILES string of the molecule is CCCNC(C)C(=O)Nc1sc2c(c1C(=O)OCC)CCCC2. The molecule has 23 heavy (non-hydrogen) atoms. The smallest absolute Gasteiger partial charge is 0.341 e. The van der Waals surface area contributed by atoms with Crippen LogP contribution in [-0.4, -0.2) is 31.1 Å². The normalized spacial score (nSPS) is 14.9. The van der Waals surface area contributed by atoms with Gasteiger partial charge in [0.05, 0.1) is 18.2 Å². The van der Waals surface area contributed by atoms with Gasteiger partial charge in [0.1, 0.15) is 5.00 Å². The lowest BCUT2D eigenvalue weighted by Crippen LogP contribution is -2.38. The third-order valence-corrected chi connectivity index (χ3v) is 5.19. The number of carbonyl (C=O) groups is 2. The van der Waals surface area contributed by atoms with E-state index in [1.54, 1.807) is 6.92 Å². The third kappa shape index (κ3) is 4.32. The fourth-order valence-corrected chi connectivity index (χ4v) is 4.03. The van der Waals surface area contributed by atoms with Crippen molar-refractivity contribution in [2.24, 2.45) is 0 Å². The van der Waals surface area contributed by atoms with Crippen molar-refractivity contribution < 1.29 is 14.3 Å². The Bertz CT molecular complexity index is 568. The average molecular weight is 338 g/mol. The Balaban J connectivity index is 2.21. The van der Waals surface area contributed by atoms with Gasteiger partial charge in [0.2, 0.25) is 5.91 Å². The van der Waals surface area contributed by atoms with Gasteiger partial charge in [0.25, 0.3) is 0 Å². The largest absolute Gasteiger partial charge is 0.462 e. The zero-order valence-corrected chi connectivity index (χ0v) is 15.0. The summed E-state index contributed by atoms with van der Waals surface area (Å²) in [7, 11) is 0. The number of ether oxygens (including phenoxy) is 1. The molecule has 0 saturated heterocycles. The molecule has 5 nitrogen and oxygen atoms in total. The summed E-state index contributed by atoms with van der Waals surface area (Å²) in [6.45, 7) is 6.82. The maximum absolute atomic E-state index is 12.3. The van der Waals surface area contributed by atoms with Gasteiger partial charge in [-0.3, -0.25) is 4.79 Å². The summed E-state index contributed by atoms with van der Waals surface area (Å²) in [6.07, 6.45) is 5.06. The number of carbonyl (C=O) groups excluding carboxylic acids is 2. The van der Waals surface area contributed by atoms with E-state index in [1.165, 1.54) is 16.2 Å². The first kappa shape index (κ1) is 17.9. The molecule has 0 bridgehead atoms. The Morgan fingerprint density at radius 3 is 2.70 bits per heavy atom. The second-order valence-corrected chi connectivity index (χ2v) is 6.91. The molecule has 0 aromatic carbocycles. The third-order valence-electron chi connectivity index (χ3n) is 3.98. The highest BCUT2D eigenvalue weighted by molar-refractivity contribution is 7.17. The van der Waals surface area contributed by atoms with E-state index in [-0.39, 0.29) is 17.9 Å². The molecular formula is C17H26N2O3S. The Kier molecular flexibility index (Phi) is 6.59. The Morgan fingerprint density at radius 2 is 2.00 bits per heavy atom. The van der Waals surface area contributed by atoms with Gasteiger partial charge >= 0.3 is 5.97 Å². The zero-order valence-electron chi connectivity index (χ0n) is 14.2. The van der Waals surface area contributed by atoms with Crippen molar-refractivity contribution >= 4 is 28.2 Å². The second kappa shape index (κ2) is 8.45. The number of thiophene rings is 1. The number of amides is 1. The van der Waals surface area contributed by atoms with E-state index in [1.807, 2.05) is 6.92 Å². The molecule has 2 N–H and O–H groups in total. The van der Waals surface area contributed by atoms with Crippen LogP contribution in [0.3, 0.4) is 0 Å². The van der Waals surface area contributed by atoms with Crippen LogP contribution in [0.2, 0.25) is 0 Å². The van der Waals surface area contributed by atoms with E-state index in [2.05, 4.69) is 17.6 Å². The van der Waals surface area contributed by atoms with Gasteiger partial charge in [-0.15, -0.1) is 11.3 Å². The van der Waals surface area contributed by atoms with Crippen LogP contribution in [0.1, 0.15) is 60.8 Å². The van der Waals surface area contributed by atoms with Crippen molar-refractivity contribution in [2.45, 2.75) is 58.9 Å². The van der Waals surface area contributed by atoms with E-state index < -0.39 is 0 Å². The van der Waals surface area contributed by atoms with Gasteiger partial charge in [-0.25, -0.2) is 4.79 Å². The highest BCUT2D eigenvalue weighted by Crippen LogP contribution is 2.38. The lowest BCUT2D eigenvalue weighted by atomic mass is 9.95. The Morgan fingerprint density at radius 1 is 1.26 bits per heavy atom. The van der Waals surface area contributed by atoms with Crippen molar-refractivity contribution in [3.8, 4) is 0 Å². The molecule has 1 aliphatic carbocycles. The molecule has 0 fully saturated rings. The number of hydrogen-bond acceptors (Lipinski definition) is 5. The predicted molar refractivity (Wildman–Crippen MR) is 93.3 cm³/mol. The Labute approximate surface area is 141 Å². The standard InChI is InChI=1S/C17H26N2O3S/c1-4-10-18-11(3)15(20)19-16-14(17(21)22-5-2)12-8-6-7-9-13(12)23-16/h11,18H,4-10H2,1-3H3,(H,19,20). The molecule has 128 valence electrons. The first-order valence-corrected chi connectivity index (χ1v) is 9.26. The van der Waals surface area contributed by atoms with Crippen molar-refractivity contribution in [3.05, 3.63) is 16.0 Å². The molecule has 1 aromatic heterocycles. The number of hydrogen-bond donors (Lipinski definition) is 2. The van der Waals surface area contributed by atoms with E-state index in [0.717, 1.165) is 44.2 Å². The van der Waals surface area contributed by atoms with Crippen molar-refractivity contribution in [3.63, 3.8) is 0 Å². The first-order valence-electron chi connectivity index (χ1n) is 8.44. The van der Waals surface area contributed by atoms with Gasteiger partial charge in [0.15, 0.2) is 0 Å². The lowest BCUT2D eigenvalue weighted by Gasteiger charge is -2.14. The summed E-state index contributed by atoms with van der Waals surface area (Å²) < 4.78 is 5.20. The van der Waals surface area contributed by atoms with Crippen LogP contribution in [0.15, 0.2) is 0 Å². The zero-order chi connectivity index (χ0) is 16.8. The monoisotopic (exact) mass is 338 g/mol. The van der Waals surface area contributed by atoms with Crippen molar-refractivity contribution in [2.75, 3.05) is 18.5 Å². The van der Waals surface area contributed by atoms with Crippen LogP contribution in [0.25, 0.3) is 0 Å². The van der Waals surface area contributed by atoms with E-state index >= 15 is 0 Å². The quantitative estimate of drug-likeness (QED) is 0.750. The number of anilines is 1. The topological polar surface area (TPSA) is 67.4 Å². The molecule has 0 spiro atoms. The number of fused-ring (bicyclic) bond motifs is 1. The minimum absolute atomic E-state index is 0.109. The van der Waals surface area contributed by atoms with Crippen LogP contribution in [0.5, 0.6) is 0 Å². The van der Waals surface area contributed by atoms with Crippen LogP contribution in [0, 0.1) is 0 Å². The van der Waals surface area contributed by atoms with Crippen molar-refractivity contribution in [1.29, 1.82) is 0 Å². The van der Waals surface area contributed by atoms with Crippen LogP contribution < -0.4 is 10.6 Å². The van der Waals surface area contributed by atoms with Crippen molar-refractivity contribution in [1.82, 2.24) is 5.32 Å². The highest BCUT2D eigenvalue weighted by atomic mass is 32.1. The molecule has 0 saturated carbocycles. The number of aryl methyl sites for hydroxylation is 1. The maximum atomic E-state index is 12.3. The molecule has 1 aromatic rings. The lowest BCUT2D eigenvalue weighted by molar-refractivity contribution is -0.117. The maximum Gasteiger partial charge on any atom is 0.341 e. The summed E-state index contributed by atoms with van der Waals surface area (Å²) in [5.41, 5.74) is 1.65. The molecule has 1 amide bonds. The van der Waals surface area contributed by atoms with Crippen LogP contribution >= 0.6 is 11.3 Å². The van der Waals surface area contributed by atoms with E-state index in [4.69, 9.17) is 4.74 Å². The molecule has 1 heterocycles. The Hall–Kier alpha value is -1.40. The summed E-state index contributed by atoms with van der Waals surface area (Å²) in [5.74, 6) is -0.432. The molecule has 0 radical (unpaired) electrons. The summed E-state index contributed by atoms with van der Waals surface area (Å²) in [4.78, 5) is 25.9. The van der Waals surface area contributed by atoms with Gasteiger partial charge < -0.3 is 15.4 Å². The fraction of sp³-hybridized carbons (Fsp3) is 0.647. The first-order chi connectivity index (χ1) is 11.1. The van der Waals surface area contributed by atoms with Gasteiger partial charge in [-0.05, 0) is 58.1 Å². The number of esters is 1. The van der Waals surface area contributed by atoms with Gasteiger partial charge in [-0.1, -0.05) is 6.92 Å². The van der Waals surface area contributed by atoms with Gasteiger partial charge in [-0.2, -0.15) is 0 Å². The predicted octanol–water partition coefficient (Wildman–Crippen LogP) is 3.13. The molecule has 6 heteroatoms. The number of nitrogens with one attached hydrogen (secondary N) is 2. The summed E-state index contributed by atoms with van der Waals surface area (Å²) in [6, 6.07) is -0.288. The second-order valence-electron chi connectivity index (χ2n) is 5.80. The highest BCUT2D eigenvalue weighted by Gasteiger charge is 2.27. The van der Waals surface area contributed by atoms with Crippen LogP contribution in [0.4, 0.5) is 5.00 Å². The molecule has 0 aliphatic heterocycles. The van der Waals surface area contributed by atoms with E-state index in [9.17, 15) is 9.59 Å². The average Bonchev–Trinajstić information content (AvgIpc) is 2.90. The minimum atomic E-state index is -0.323. The molecular weight excluding hydrogens is 312 g/mol. The summed E-state index contributed by atoms with van der Waals surface area (Å²) in [5, 5.41) is 6.74. The molecule has 2 rings (SSSR count).